The number of ether oxygens (including phenoxy) is 2. The van der Waals surface area contributed by atoms with Gasteiger partial charge in [-0.25, -0.2) is 4.98 Å². The minimum absolute atomic E-state index is 0.0901. The fourth-order valence-electron chi connectivity index (χ4n) is 3.26. The van der Waals surface area contributed by atoms with Crippen LogP contribution < -0.4 is 5.32 Å². The number of hydrogen-bond donors (Lipinski definition) is 2. The van der Waals surface area contributed by atoms with Gasteiger partial charge in [0, 0.05) is 30.1 Å². The minimum Gasteiger partial charge on any atom is -0.465 e. The molecule has 0 bridgehead atoms. The quantitative estimate of drug-likeness (QED) is 0.613. The van der Waals surface area contributed by atoms with Crippen LogP contribution in [0.2, 0.25) is 0 Å². The molecule has 1 saturated heterocycles. The standard InChI is InChI=1S/C21H24N4O3/c1-21(8-10-27-13-21)14-28-18(26)11-17-16-7-9-22-19(16)25-20(24-17)23-12-15-5-3-2-4-6-15/h2-7,9H,8,10-14H2,1H3,(H2,22,23,24,25). The average molecular weight is 380 g/mol. The van der Waals surface area contributed by atoms with Gasteiger partial charge in [-0.15, -0.1) is 0 Å². The van der Waals surface area contributed by atoms with Crippen LogP contribution in [0.5, 0.6) is 0 Å². The number of esters is 1. The molecule has 0 radical (unpaired) electrons. The maximum atomic E-state index is 12.4. The van der Waals surface area contributed by atoms with Gasteiger partial charge < -0.3 is 19.8 Å². The van der Waals surface area contributed by atoms with Crippen molar-refractivity contribution in [2.75, 3.05) is 25.1 Å². The summed E-state index contributed by atoms with van der Waals surface area (Å²) in [4.78, 5) is 24.6. The van der Waals surface area contributed by atoms with Crippen LogP contribution in [0.15, 0.2) is 42.6 Å². The fraction of sp³-hybridized carbons (Fsp3) is 0.381. The highest BCUT2D eigenvalue weighted by molar-refractivity contribution is 5.84. The summed E-state index contributed by atoms with van der Waals surface area (Å²) < 4.78 is 10.9. The Morgan fingerprint density at radius 3 is 2.93 bits per heavy atom. The largest absolute Gasteiger partial charge is 0.465 e. The topological polar surface area (TPSA) is 89.1 Å². The van der Waals surface area contributed by atoms with Crippen molar-refractivity contribution in [1.29, 1.82) is 0 Å². The number of nitrogens with one attached hydrogen (secondary N) is 2. The number of hydrogen-bond acceptors (Lipinski definition) is 6. The summed E-state index contributed by atoms with van der Waals surface area (Å²) in [6.45, 7) is 4.40. The van der Waals surface area contributed by atoms with Gasteiger partial charge in [0.1, 0.15) is 5.65 Å². The van der Waals surface area contributed by atoms with E-state index in [4.69, 9.17) is 9.47 Å². The first-order valence-electron chi connectivity index (χ1n) is 9.46. The first-order valence-corrected chi connectivity index (χ1v) is 9.46. The van der Waals surface area contributed by atoms with E-state index in [0.717, 1.165) is 24.0 Å². The first kappa shape index (κ1) is 18.4. The molecule has 1 atom stereocenters. The summed E-state index contributed by atoms with van der Waals surface area (Å²) in [6.07, 6.45) is 2.81. The smallest absolute Gasteiger partial charge is 0.311 e. The van der Waals surface area contributed by atoms with Gasteiger partial charge in [-0.1, -0.05) is 37.3 Å². The Morgan fingerprint density at radius 2 is 2.14 bits per heavy atom. The van der Waals surface area contributed by atoms with Crippen LogP contribution in [0.25, 0.3) is 11.0 Å². The van der Waals surface area contributed by atoms with E-state index in [0.29, 0.717) is 37.0 Å². The highest BCUT2D eigenvalue weighted by atomic mass is 16.5. The molecule has 3 heterocycles. The molecule has 4 rings (SSSR count). The first-order chi connectivity index (χ1) is 13.6. The van der Waals surface area contributed by atoms with Crippen LogP contribution in [0.4, 0.5) is 5.95 Å². The van der Waals surface area contributed by atoms with E-state index in [9.17, 15) is 4.79 Å². The lowest BCUT2D eigenvalue weighted by Gasteiger charge is -2.20. The molecule has 1 aliphatic rings. The third-order valence-corrected chi connectivity index (χ3v) is 4.98. The third-order valence-electron chi connectivity index (χ3n) is 4.98. The van der Waals surface area contributed by atoms with Crippen LogP contribution in [-0.4, -0.2) is 40.7 Å². The molecule has 2 aromatic heterocycles. The van der Waals surface area contributed by atoms with Crippen molar-refractivity contribution in [2.24, 2.45) is 5.41 Å². The number of rotatable bonds is 7. The molecule has 1 unspecified atom stereocenters. The molecule has 0 aliphatic carbocycles. The third kappa shape index (κ3) is 4.31. The van der Waals surface area contributed by atoms with Crippen molar-refractivity contribution in [1.82, 2.24) is 15.0 Å². The lowest BCUT2D eigenvalue weighted by atomic mass is 9.91. The van der Waals surface area contributed by atoms with E-state index in [1.807, 2.05) is 36.4 Å². The summed E-state index contributed by atoms with van der Waals surface area (Å²) in [6, 6.07) is 11.9. The van der Waals surface area contributed by atoms with E-state index >= 15 is 0 Å². The Morgan fingerprint density at radius 1 is 1.29 bits per heavy atom. The average Bonchev–Trinajstić information content (AvgIpc) is 3.35. The SMILES string of the molecule is CC1(COC(=O)Cc2nc(NCc3ccccc3)nc3[nH]ccc23)CCOC1. The summed E-state index contributed by atoms with van der Waals surface area (Å²) >= 11 is 0. The van der Waals surface area contributed by atoms with Gasteiger partial charge in [0.05, 0.1) is 25.3 Å². The van der Waals surface area contributed by atoms with E-state index in [2.05, 4.69) is 27.2 Å². The second-order valence-corrected chi connectivity index (χ2v) is 7.52. The molecule has 0 amide bonds. The van der Waals surface area contributed by atoms with Crippen LogP contribution >= 0.6 is 0 Å². The molecule has 7 heteroatoms. The molecule has 146 valence electrons. The number of nitrogens with zero attached hydrogens (tertiary/aromatic N) is 2. The van der Waals surface area contributed by atoms with Crippen molar-refractivity contribution in [2.45, 2.75) is 26.3 Å². The second-order valence-electron chi connectivity index (χ2n) is 7.52. The van der Waals surface area contributed by atoms with Gasteiger partial charge in [0.2, 0.25) is 5.95 Å². The number of H-pyrrole nitrogens is 1. The van der Waals surface area contributed by atoms with Crippen molar-refractivity contribution < 1.29 is 14.3 Å². The number of benzene rings is 1. The number of carbonyl (C=O) groups is 1. The Labute approximate surface area is 163 Å². The van der Waals surface area contributed by atoms with Crippen LogP contribution in [-0.2, 0) is 27.2 Å². The van der Waals surface area contributed by atoms with E-state index in [-0.39, 0.29) is 17.8 Å². The summed E-state index contributed by atoms with van der Waals surface area (Å²) in [7, 11) is 0. The van der Waals surface area contributed by atoms with Crippen molar-refractivity contribution in [3.8, 4) is 0 Å². The predicted octanol–water partition coefficient (Wildman–Crippen LogP) is 3.08. The van der Waals surface area contributed by atoms with Crippen molar-refractivity contribution in [3.05, 3.63) is 53.9 Å². The molecule has 28 heavy (non-hydrogen) atoms. The Kier molecular flexibility index (Phi) is 5.25. The molecule has 1 aromatic carbocycles. The Bertz CT molecular complexity index is 949. The van der Waals surface area contributed by atoms with Crippen molar-refractivity contribution >= 4 is 23.0 Å². The van der Waals surface area contributed by atoms with Crippen molar-refractivity contribution in [3.63, 3.8) is 0 Å². The van der Waals surface area contributed by atoms with Gasteiger partial charge in [-0.3, -0.25) is 4.79 Å². The number of carbonyl (C=O) groups excluding carboxylic acids is 1. The molecule has 0 spiro atoms. The summed E-state index contributed by atoms with van der Waals surface area (Å²) in [5.74, 6) is 0.195. The number of fused-ring (bicyclic) bond motifs is 1. The summed E-state index contributed by atoms with van der Waals surface area (Å²) in [5, 5.41) is 4.06. The van der Waals surface area contributed by atoms with Gasteiger partial charge in [0.15, 0.2) is 0 Å². The maximum Gasteiger partial charge on any atom is 0.311 e. The molecule has 2 N–H and O–H groups in total. The highest BCUT2D eigenvalue weighted by Gasteiger charge is 2.31. The monoisotopic (exact) mass is 380 g/mol. The zero-order chi connectivity index (χ0) is 19.4. The molecule has 3 aromatic rings. The zero-order valence-electron chi connectivity index (χ0n) is 15.9. The van der Waals surface area contributed by atoms with E-state index in [1.165, 1.54) is 0 Å². The predicted molar refractivity (Wildman–Crippen MR) is 106 cm³/mol. The van der Waals surface area contributed by atoms with Crippen LogP contribution in [0.1, 0.15) is 24.6 Å². The van der Waals surface area contributed by atoms with E-state index < -0.39 is 0 Å². The number of aromatic nitrogens is 3. The molecular formula is C21H24N4O3. The minimum atomic E-state index is -0.289. The Balaban J connectivity index is 1.44. The van der Waals surface area contributed by atoms with Gasteiger partial charge in [-0.2, -0.15) is 4.98 Å². The van der Waals surface area contributed by atoms with Gasteiger partial charge in [0.25, 0.3) is 0 Å². The van der Waals surface area contributed by atoms with Gasteiger partial charge >= 0.3 is 5.97 Å². The second kappa shape index (κ2) is 7.98. The Hall–Kier alpha value is -2.93. The lowest BCUT2D eigenvalue weighted by molar-refractivity contribution is -0.146. The lowest BCUT2D eigenvalue weighted by Crippen LogP contribution is -2.26. The highest BCUT2D eigenvalue weighted by Crippen LogP contribution is 2.28. The number of aromatic amines is 1. The molecule has 1 fully saturated rings. The molecule has 7 nitrogen and oxygen atoms in total. The molecule has 1 aliphatic heterocycles. The fourth-order valence-corrected chi connectivity index (χ4v) is 3.26. The van der Waals surface area contributed by atoms with E-state index in [1.54, 1.807) is 6.20 Å². The number of anilines is 1. The maximum absolute atomic E-state index is 12.4. The molecular weight excluding hydrogens is 356 g/mol. The zero-order valence-corrected chi connectivity index (χ0v) is 15.9. The van der Waals surface area contributed by atoms with Gasteiger partial charge in [-0.05, 0) is 18.1 Å². The van der Waals surface area contributed by atoms with Crippen LogP contribution in [0.3, 0.4) is 0 Å². The van der Waals surface area contributed by atoms with Crippen LogP contribution in [0, 0.1) is 5.41 Å². The normalized spacial score (nSPS) is 19.0. The summed E-state index contributed by atoms with van der Waals surface area (Å²) in [5.41, 5.74) is 2.39. The molecule has 0 saturated carbocycles.